The van der Waals surface area contributed by atoms with E-state index in [0.717, 1.165) is 18.7 Å². The van der Waals surface area contributed by atoms with Crippen molar-refractivity contribution >= 4 is 5.69 Å². The van der Waals surface area contributed by atoms with E-state index < -0.39 is 0 Å². The van der Waals surface area contributed by atoms with E-state index in [2.05, 4.69) is 29.6 Å². The van der Waals surface area contributed by atoms with Crippen LogP contribution in [0.15, 0.2) is 48.5 Å². The summed E-state index contributed by atoms with van der Waals surface area (Å²) in [5.74, 6) is 0.404. The highest BCUT2D eigenvalue weighted by Crippen LogP contribution is 2.34. The zero-order valence-electron chi connectivity index (χ0n) is 9.49. The molecule has 0 bridgehead atoms. The Morgan fingerprint density at radius 2 is 1.82 bits per heavy atom. The second-order valence-corrected chi connectivity index (χ2v) is 4.49. The molecule has 1 N–H and O–H groups in total. The maximum Gasteiger partial charge on any atom is 0.123 e. The highest BCUT2D eigenvalue weighted by atomic mass is 19.1. The van der Waals surface area contributed by atoms with Crippen LogP contribution in [0.25, 0.3) is 0 Å². The number of halogens is 1. The van der Waals surface area contributed by atoms with E-state index in [0.29, 0.717) is 5.92 Å². The fourth-order valence-corrected chi connectivity index (χ4v) is 2.35. The average molecular weight is 227 g/mol. The third kappa shape index (κ3) is 2.03. The van der Waals surface area contributed by atoms with Crippen LogP contribution in [0.5, 0.6) is 0 Å². The fourth-order valence-electron chi connectivity index (χ4n) is 2.35. The normalized spacial score (nSPS) is 17.1. The smallest absolute Gasteiger partial charge is 0.123 e. The van der Waals surface area contributed by atoms with Gasteiger partial charge in [0.1, 0.15) is 5.82 Å². The summed E-state index contributed by atoms with van der Waals surface area (Å²) in [6, 6.07) is 15.1. The summed E-state index contributed by atoms with van der Waals surface area (Å²) in [4.78, 5) is 0. The van der Waals surface area contributed by atoms with Gasteiger partial charge in [0.25, 0.3) is 0 Å². The van der Waals surface area contributed by atoms with Gasteiger partial charge in [-0.1, -0.05) is 24.3 Å². The van der Waals surface area contributed by atoms with Gasteiger partial charge in [-0.2, -0.15) is 0 Å². The first kappa shape index (κ1) is 10.3. The van der Waals surface area contributed by atoms with E-state index in [4.69, 9.17) is 0 Å². The van der Waals surface area contributed by atoms with E-state index >= 15 is 0 Å². The van der Waals surface area contributed by atoms with Crippen LogP contribution in [0.1, 0.15) is 17.0 Å². The maximum atomic E-state index is 12.7. The van der Waals surface area contributed by atoms with Crippen molar-refractivity contribution in [2.24, 2.45) is 0 Å². The predicted molar refractivity (Wildman–Crippen MR) is 67.8 cm³/mol. The molecule has 0 amide bonds. The molecule has 0 heterocycles. The topological polar surface area (TPSA) is 12.0 Å². The zero-order chi connectivity index (χ0) is 11.7. The molecular weight excluding hydrogens is 213 g/mol. The van der Waals surface area contributed by atoms with Crippen LogP contribution in [0, 0.1) is 5.82 Å². The van der Waals surface area contributed by atoms with Gasteiger partial charge in [0.2, 0.25) is 0 Å². The molecule has 0 spiro atoms. The molecule has 3 rings (SSSR count). The largest absolute Gasteiger partial charge is 0.384 e. The molecule has 0 fully saturated rings. The summed E-state index contributed by atoms with van der Waals surface area (Å²) < 4.78 is 12.7. The molecule has 1 aliphatic carbocycles. The second kappa shape index (κ2) is 4.21. The first-order valence-electron chi connectivity index (χ1n) is 5.90. The summed E-state index contributed by atoms with van der Waals surface area (Å²) >= 11 is 0. The Labute approximate surface area is 100 Å². The van der Waals surface area contributed by atoms with E-state index in [1.54, 1.807) is 12.1 Å². The standard InChI is InChI=1S/C15H14FN/c16-13-5-7-14(8-6-13)17-10-12-9-11-3-1-2-4-15(11)12/h1-8,12,17H,9-10H2. The minimum Gasteiger partial charge on any atom is -0.384 e. The summed E-state index contributed by atoms with van der Waals surface area (Å²) in [5, 5.41) is 3.35. The molecule has 0 saturated heterocycles. The molecule has 1 unspecified atom stereocenters. The lowest BCUT2D eigenvalue weighted by atomic mass is 9.77. The van der Waals surface area contributed by atoms with Gasteiger partial charge in [0.15, 0.2) is 0 Å². The molecule has 86 valence electrons. The quantitative estimate of drug-likeness (QED) is 0.845. The summed E-state index contributed by atoms with van der Waals surface area (Å²) in [6.07, 6.45) is 1.14. The lowest BCUT2D eigenvalue weighted by molar-refractivity contribution is 0.626. The van der Waals surface area contributed by atoms with Gasteiger partial charge in [0, 0.05) is 18.2 Å². The van der Waals surface area contributed by atoms with Crippen LogP contribution < -0.4 is 5.32 Å². The SMILES string of the molecule is Fc1ccc(NCC2Cc3ccccc32)cc1. The summed E-state index contributed by atoms with van der Waals surface area (Å²) in [7, 11) is 0. The Kier molecular flexibility index (Phi) is 2.56. The van der Waals surface area contributed by atoms with Crippen molar-refractivity contribution in [3.63, 3.8) is 0 Å². The Morgan fingerprint density at radius 3 is 2.59 bits per heavy atom. The van der Waals surface area contributed by atoms with Crippen molar-refractivity contribution in [1.29, 1.82) is 0 Å². The number of nitrogens with one attached hydrogen (secondary N) is 1. The maximum absolute atomic E-state index is 12.7. The molecule has 0 aromatic heterocycles. The lowest BCUT2D eigenvalue weighted by Crippen LogP contribution is -2.24. The van der Waals surface area contributed by atoms with Crippen LogP contribution in [-0.4, -0.2) is 6.54 Å². The average Bonchev–Trinajstić information content (AvgIpc) is 2.33. The van der Waals surface area contributed by atoms with Crippen LogP contribution in [-0.2, 0) is 6.42 Å². The van der Waals surface area contributed by atoms with Crippen molar-refractivity contribution in [2.75, 3.05) is 11.9 Å². The fraction of sp³-hybridized carbons (Fsp3) is 0.200. The van der Waals surface area contributed by atoms with Gasteiger partial charge in [-0.05, 0) is 41.8 Å². The minimum atomic E-state index is -0.190. The van der Waals surface area contributed by atoms with Crippen LogP contribution in [0.4, 0.5) is 10.1 Å². The molecule has 2 aromatic rings. The van der Waals surface area contributed by atoms with Crippen molar-refractivity contribution in [2.45, 2.75) is 12.3 Å². The molecule has 17 heavy (non-hydrogen) atoms. The number of hydrogen-bond donors (Lipinski definition) is 1. The van der Waals surface area contributed by atoms with Gasteiger partial charge in [-0.25, -0.2) is 4.39 Å². The molecule has 0 aliphatic heterocycles. The van der Waals surface area contributed by atoms with Crippen molar-refractivity contribution in [3.05, 3.63) is 65.5 Å². The number of benzene rings is 2. The third-order valence-corrected chi connectivity index (χ3v) is 3.36. The highest BCUT2D eigenvalue weighted by Gasteiger charge is 2.24. The highest BCUT2D eigenvalue weighted by molar-refractivity contribution is 5.46. The van der Waals surface area contributed by atoms with Crippen LogP contribution >= 0.6 is 0 Å². The van der Waals surface area contributed by atoms with Crippen LogP contribution in [0.3, 0.4) is 0 Å². The number of hydrogen-bond acceptors (Lipinski definition) is 1. The molecular formula is C15H14FN. The Balaban J connectivity index is 1.62. The van der Waals surface area contributed by atoms with E-state index in [-0.39, 0.29) is 5.82 Å². The van der Waals surface area contributed by atoms with Crippen molar-refractivity contribution in [3.8, 4) is 0 Å². The Morgan fingerprint density at radius 1 is 1.06 bits per heavy atom. The van der Waals surface area contributed by atoms with Crippen molar-refractivity contribution in [1.82, 2.24) is 0 Å². The first-order chi connectivity index (χ1) is 8.33. The Hall–Kier alpha value is -1.83. The molecule has 2 heteroatoms. The molecule has 0 radical (unpaired) electrons. The van der Waals surface area contributed by atoms with E-state index in [9.17, 15) is 4.39 Å². The first-order valence-corrected chi connectivity index (χ1v) is 5.90. The van der Waals surface area contributed by atoms with Gasteiger partial charge in [-0.15, -0.1) is 0 Å². The number of rotatable bonds is 3. The lowest BCUT2D eigenvalue weighted by Gasteiger charge is -2.30. The zero-order valence-corrected chi connectivity index (χ0v) is 9.49. The molecule has 1 nitrogen and oxygen atoms in total. The third-order valence-electron chi connectivity index (χ3n) is 3.36. The number of anilines is 1. The second-order valence-electron chi connectivity index (χ2n) is 4.49. The van der Waals surface area contributed by atoms with Gasteiger partial charge in [-0.3, -0.25) is 0 Å². The van der Waals surface area contributed by atoms with Gasteiger partial charge >= 0.3 is 0 Å². The molecule has 0 saturated carbocycles. The Bertz CT molecular complexity index is 519. The van der Waals surface area contributed by atoms with Crippen LogP contribution in [0.2, 0.25) is 0 Å². The summed E-state index contributed by atoms with van der Waals surface area (Å²) in [6.45, 7) is 0.919. The summed E-state index contributed by atoms with van der Waals surface area (Å²) in [5.41, 5.74) is 3.89. The minimum absolute atomic E-state index is 0.190. The number of fused-ring (bicyclic) bond motifs is 1. The molecule has 1 atom stereocenters. The van der Waals surface area contributed by atoms with E-state index in [1.807, 2.05) is 0 Å². The monoisotopic (exact) mass is 227 g/mol. The molecule has 2 aromatic carbocycles. The van der Waals surface area contributed by atoms with E-state index in [1.165, 1.54) is 23.3 Å². The van der Waals surface area contributed by atoms with Gasteiger partial charge in [0.05, 0.1) is 0 Å². The van der Waals surface area contributed by atoms with Crippen molar-refractivity contribution < 1.29 is 4.39 Å². The molecule has 1 aliphatic rings. The van der Waals surface area contributed by atoms with Gasteiger partial charge < -0.3 is 5.32 Å². The predicted octanol–water partition coefficient (Wildman–Crippen LogP) is 3.58.